The molecule has 3 aromatic rings. The topological polar surface area (TPSA) is 66.9 Å². The molecule has 0 fully saturated rings. The number of amides is 1. The monoisotopic (exact) mass is 350 g/mol. The predicted molar refractivity (Wildman–Crippen MR) is 98.7 cm³/mol. The Kier molecular flexibility index (Phi) is 5.53. The predicted octanol–water partition coefficient (Wildman–Crippen LogP) is 3.85. The minimum Gasteiger partial charge on any atom is -0.348 e. The third-order valence-corrected chi connectivity index (χ3v) is 3.93. The zero-order valence-corrected chi connectivity index (χ0v) is 14.4. The molecular weight excluding hydrogens is 331 g/mol. The summed E-state index contributed by atoms with van der Waals surface area (Å²) in [6.45, 7) is 2.21. The van der Waals surface area contributed by atoms with E-state index in [0.29, 0.717) is 17.1 Å². The van der Waals surface area contributed by atoms with Crippen molar-refractivity contribution in [3.05, 3.63) is 83.4 Å². The lowest BCUT2D eigenvalue weighted by Crippen LogP contribution is -2.23. The molecule has 0 saturated heterocycles. The standard InChI is InChI=1S/C20H19FN4O/c1-2-14-7-9-17(10-8-14)25-20-23-12-16(13-24-20)19(26)22-11-15-5-3-4-6-18(15)21/h3-10,12-13H,2,11H2,1H3,(H,22,26)(H,23,24,25). The van der Waals surface area contributed by atoms with Gasteiger partial charge in [-0.1, -0.05) is 37.3 Å². The summed E-state index contributed by atoms with van der Waals surface area (Å²) < 4.78 is 13.6. The fourth-order valence-electron chi connectivity index (χ4n) is 2.38. The van der Waals surface area contributed by atoms with Gasteiger partial charge in [-0.25, -0.2) is 14.4 Å². The van der Waals surface area contributed by atoms with Crippen molar-refractivity contribution in [1.29, 1.82) is 0 Å². The number of hydrogen-bond acceptors (Lipinski definition) is 4. The number of nitrogens with one attached hydrogen (secondary N) is 2. The van der Waals surface area contributed by atoms with Gasteiger partial charge in [0.05, 0.1) is 5.56 Å². The van der Waals surface area contributed by atoms with Crippen LogP contribution in [0.5, 0.6) is 0 Å². The van der Waals surface area contributed by atoms with Crippen molar-refractivity contribution in [3.63, 3.8) is 0 Å². The molecule has 5 nitrogen and oxygen atoms in total. The molecule has 0 aliphatic carbocycles. The van der Waals surface area contributed by atoms with Crippen molar-refractivity contribution in [2.24, 2.45) is 0 Å². The Balaban J connectivity index is 1.59. The lowest BCUT2D eigenvalue weighted by Gasteiger charge is -2.08. The minimum atomic E-state index is -0.355. The van der Waals surface area contributed by atoms with Crippen LogP contribution in [0.15, 0.2) is 60.9 Å². The van der Waals surface area contributed by atoms with Crippen LogP contribution in [0.25, 0.3) is 0 Å². The summed E-state index contributed by atoms with van der Waals surface area (Å²) in [7, 11) is 0. The smallest absolute Gasteiger partial charge is 0.254 e. The Morgan fingerprint density at radius 3 is 2.38 bits per heavy atom. The number of anilines is 2. The van der Waals surface area contributed by atoms with Gasteiger partial charge in [-0.2, -0.15) is 0 Å². The van der Waals surface area contributed by atoms with E-state index in [2.05, 4.69) is 27.5 Å². The summed E-state index contributed by atoms with van der Waals surface area (Å²) >= 11 is 0. The van der Waals surface area contributed by atoms with Crippen molar-refractivity contribution in [2.75, 3.05) is 5.32 Å². The Morgan fingerprint density at radius 2 is 1.73 bits per heavy atom. The van der Waals surface area contributed by atoms with E-state index in [4.69, 9.17) is 0 Å². The molecule has 0 aliphatic rings. The van der Waals surface area contributed by atoms with Crippen LogP contribution < -0.4 is 10.6 Å². The van der Waals surface area contributed by atoms with Gasteiger partial charge in [-0.15, -0.1) is 0 Å². The van der Waals surface area contributed by atoms with Crippen molar-refractivity contribution >= 4 is 17.5 Å². The molecule has 1 amide bonds. The lowest BCUT2D eigenvalue weighted by molar-refractivity contribution is 0.0950. The second-order valence-electron chi connectivity index (χ2n) is 5.74. The number of aromatic nitrogens is 2. The molecule has 0 spiro atoms. The van der Waals surface area contributed by atoms with E-state index in [-0.39, 0.29) is 18.3 Å². The Morgan fingerprint density at radius 1 is 1.04 bits per heavy atom. The summed E-state index contributed by atoms with van der Waals surface area (Å²) in [5.74, 6) is -0.301. The van der Waals surface area contributed by atoms with Gasteiger partial charge in [0.2, 0.25) is 5.95 Å². The molecule has 2 N–H and O–H groups in total. The molecule has 0 unspecified atom stereocenters. The first-order chi connectivity index (χ1) is 12.7. The van der Waals surface area contributed by atoms with Crippen LogP contribution in [0.3, 0.4) is 0 Å². The van der Waals surface area contributed by atoms with E-state index < -0.39 is 0 Å². The fraction of sp³-hybridized carbons (Fsp3) is 0.150. The summed E-state index contributed by atoms with van der Waals surface area (Å²) in [6, 6.07) is 14.3. The third-order valence-electron chi connectivity index (χ3n) is 3.93. The van der Waals surface area contributed by atoms with Crippen LogP contribution in [0, 0.1) is 5.82 Å². The van der Waals surface area contributed by atoms with Crippen LogP contribution in [0.4, 0.5) is 16.0 Å². The van der Waals surface area contributed by atoms with Crippen LogP contribution in [-0.4, -0.2) is 15.9 Å². The van der Waals surface area contributed by atoms with Crippen molar-refractivity contribution in [3.8, 4) is 0 Å². The zero-order valence-electron chi connectivity index (χ0n) is 14.4. The van der Waals surface area contributed by atoms with Crippen LogP contribution in [0.2, 0.25) is 0 Å². The molecular formula is C20H19FN4O. The molecule has 0 bridgehead atoms. The van der Waals surface area contributed by atoms with E-state index >= 15 is 0 Å². The molecule has 0 radical (unpaired) electrons. The van der Waals surface area contributed by atoms with Crippen molar-refractivity contribution in [1.82, 2.24) is 15.3 Å². The highest BCUT2D eigenvalue weighted by atomic mass is 19.1. The van der Waals surface area contributed by atoms with E-state index in [9.17, 15) is 9.18 Å². The third kappa shape index (κ3) is 4.42. The number of aryl methyl sites for hydroxylation is 1. The van der Waals surface area contributed by atoms with Crippen LogP contribution in [0.1, 0.15) is 28.4 Å². The van der Waals surface area contributed by atoms with Gasteiger partial charge in [0, 0.05) is 30.2 Å². The normalized spacial score (nSPS) is 10.4. The second-order valence-corrected chi connectivity index (χ2v) is 5.74. The van der Waals surface area contributed by atoms with Crippen molar-refractivity contribution < 1.29 is 9.18 Å². The van der Waals surface area contributed by atoms with Gasteiger partial charge >= 0.3 is 0 Å². The number of carbonyl (C=O) groups excluding carboxylic acids is 1. The van der Waals surface area contributed by atoms with Gasteiger partial charge in [0.15, 0.2) is 0 Å². The molecule has 3 rings (SSSR count). The maximum atomic E-state index is 13.6. The number of carbonyl (C=O) groups is 1. The summed E-state index contributed by atoms with van der Waals surface area (Å²) in [5, 5.41) is 5.74. The Labute approximate surface area is 151 Å². The summed E-state index contributed by atoms with van der Waals surface area (Å²) in [6.07, 6.45) is 3.85. The number of halogens is 1. The maximum Gasteiger partial charge on any atom is 0.254 e. The van der Waals surface area contributed by atoms with Gasteiger partial charge in [0.1, 0.15) is 5.82 Å². The highest BCUT2D eigenvalue weighted by molar-refractivity contribution is 5.93. The van der Waals surface area contributed by atoms with Gasteiger partial charge in [0.25, 0.3) is 5.91 Å². The van der Waals surface area contributed by atoms with E-state index in [0.717, 1.165) is 12.1 Å². The number of rotatable bonds is 6. The van der Waals surface area contributed by atoms with Crippen LogP contribution >= 0.6 is 0 Å². The first-order valence-corrected chi connectivity index (χ1v) is 8.35. The first kappa shape index (κ1) is 17.5. The minimum absolute atomic E-state index is 0.106. The Hall–Kier alpha value is -3.28. The van der Waals surface area contributed by atoms with Gasteiger partial charge in [-0.3, -0.25) is 4.79 Å². The lowest BCUT2D eigenvalue weighted by atomic mass is 10.1. The highest BCUT2D eigenvalue weighted by Crippen LogP contribution is 2.14. The molecule has 132 valence electrons. The average molecular weight is 350 g/mol. The van der Waals surface area contributed by atoms with E-state index in [1.54, 1.807) is 18.2 Å². The largest absolute Gasteiger partial charge is 0.348 e. The van der Waals surface area contributed by atoms with Crippen LogP contribution in [-0.2, 0) is 13.0 Å². The summed E-state index contributed by atoms with van der Waals surface area (Å²) in [4.78, 5) is 20.4. The molecule has 1 heterocycles. The maximum absolute atomic E-state index is 13.6. The SMILES string of the molecule is CCc1ccc(Nc2ncc(C(=O)NCc3ccccc3F)cn2)cc1. The Bertz CT molecular complexity index is 879. The molecule has 2 aromatic carbocycles. The number of hydrogen-bond donors (Lipinski definition) is 2. The van der Waals surface area contributed by atoms with E-state index in [1.165, 1.54) is 24.0 Å². The fourth-order valence-corrected chi connectivity index (χ4v) is 2.38. The quantitative estimate of drug-likeness (QED) is 0.709. The first-order valence-electron chi connectivity index (χ1n) is 8.35. The molecule has 0 saturated carbocycles. The molecule has 6 heteroatoms. The summed E-state index contributed by atoms with van der Waals surface area (Å²) in [5.41, 5.74) is 2.86. The van der Waals surface area contributed by atoms with Gasteiger partial charge < -0.3 is 10.6 Å². The second kappa shape index (κ2) is 8.20. The molecule has 0 aliphatic heterocycles. The molecule has 26 heavy (non-hydrogen) atoms. The molecule has 0 atom stereocenters. The zero-order chi connectivity index (χ0) is 18.4. The molecule has 1 aromatic heterocycles. The number of nitrogens with zero attached hydrogens (tertiary/aromatic N) is 2. The number of benzene rings is 2. The van der Waals surface area contributed by atoms with E-state index in [1.807, 2.05) is 24.3 Å². The van der Waals surface area contributed by atoms with Gasteiger partial charge in [-0.05, 0) is 30.2 Å². The van der Waals surface area contributed by atoms with Crippen molar-refractivity contribution in [2.45, 2.75) is 19.9 Å². The highest BCUT2D eigenvalue weighted by Gasteiger charge is 2.08. The average Bonchev–Trinajstić information content (AvgIpc) is 2.68.